The van der Waals surface area contributed by atoms with Crippen LogP contribution >= 0.6 is 0 Å². The van der Waals surface area contributed by atoms with Crippen LogP contribution in [-0.4, -0.2) is 11.8 Å². The van der Waals surface area contributed by atoms with Gasteiger partial charge >= 0.3 is 0 Å². The lowest BCUT2D eigenvalue weighted by Crippen LogP contribution is -2.37. The molecule has 0 saturated carbocycles. The van der Waals surface area contributed by atoms with Gasteiger partial charge in [-0.15, -0.1) is 0 Å². The van der Waals surface area contributed by atoms with Gasteiger partial charge in [0.25, 0.3) is 0 Å². The number of hydrogen-bond acceptors (Lipinski definition) is 3. The summed E-state index contributed by atoms with van der Waals surface area (Å²) < 4.78 is 15.4. The van der Waals surface area contributed by atoms with Gasteiger partial charge in [0.05, 0.1) is 11.2 Å². The number of fused-ring (bicyclic) bond motifs is 11. The van der Waals surface area contributed by atoms with Crippen LogP contribution in [0.3, 0.4) is 0 Å². The first-order valence-corrected chi connectivity index (χ1v) is 18.1. The Morgan fingerprint density at radius 1 is 0.472 bits per heavy atom. The summed E-state index contributed by atoms with van der Waals surface area (Å²) in [6, 6.07) is 58.4. The zero-order valence-corrected chi connectivity index (χ0v) is 28.6. The van der Waals surface area contributed by atoms with E-state index in [1.807, 2.05) is 24.3 Å². The third kappa shape index (κ3) is 4.13. The smallest absolute Gasteiger partial charge is 0.198 e. The van der Waals surface area contributed by atoms with Gasteiger partial charge in [0.15, 0.2) is 7.28 Å². The molecular weight excluding hydrogens is 647 g/mol. The fourth-order valence-corrected chi connectivity index (χ4v) is 8.86. The number of nitrogens with zero attached hydrogens (tertiary/aromatic N) is 1. The number of hydrogen-bond donors (Lipinski definition) is 1. The van der Waals surface area contributed by atoms with Gasteiger partial charge in [0.1, 0.15) is 22.3 Å². The van der Waals surface area contributed by atoms with Crippen molar-refractivity contribution in [2.24, 2.45) is 0 Å². The lowest BCUT2D eigenvalue weighted by Gasteiger charge is -2.25. The molecule has 0 radical (unpaired) electrons. The number of aromatic nitrogens is 1. The highest BCUT2D eigenvalue weighted by Crippen LogP contribution is 2.45. The molecule has 11 aromatic rings. The summed E-state index contributed by atoms with van der Waals surface area (Å²) in [5.74, 6) is 0. The molecule has 5 heteroatoms. The Kier molecular flexibility index (Phi) is 5.83. The van der Waals surface area contributed by atoms with Crippen LogP contribution < -0.4 is 16.2 Å². The highest BCUT2D eigenvalue weighted by atomic mass is 16.3. The molecule has 1 aliphatic rings. The Balaban J connectivity index is 1.23. The average Bonchev–Trinajstić information content (AvgIpc) is 3.88. The van der Waals surface area contributed by atoms with Crippen LogP contribution in [0.4, 0.5) is 11.4 Å². The van der Waals surface area contributed by atoms with Crippen molar-refractivity contribution in [1.29, 1.82) is 0 Å². The molecule has 4 heterocycles. The van der Waals surface area contributed by atoms with E-state index in [1.165, 1.54) is 49.5 Å². The maximum absolute atomic E-state index is 6.48. The number of furan rings is 2. The van der Waals surface area contributed by atoms with E-state index in [2.05, 4.69) is 149 Å². The highest BCUT2D eigenvalue weighted by molar-refractivity contribution is 6.73. The molecule has 4 nitrogen and oxygen atoms in total. The van der Waals surface area contributed by atoms with Crippen LogP contribution in [-0.2, 0) is 0 Å². The van der Waals surface area contributed by atoms with E-state index in [-0.39, 0.29) is 0 Å². The minimum Gasteiger partial charge on any atom is -0.456 e. The monoisotopic (exact) mass is 676 g/mol. The third-order valence-corrected chi connectivity index (χ3v) is 11.2. The van der Waals surface area contributed by atoms with Gasteiger partial charge in [-0.2, -0.15) is 0 Å². The summed E-state index contributed by atoms with van der Waals surface area (Å²) in [4.78, 5) is 0. The molecule has 0 amide bonds. The summed E-state index contributed by atoms with van der Waals surface area (Å²) in [7, 11) is 0.816. The zero-order chi connectivity index (χ0) is 34.6. The SMILES string of the molecule is B1c2ccccc2-n2c3ccccc3c3c(-c4ccc5c(c4)oc4ccccc45)cc(-c4cc5c(cc4Nc4ccccc4)oc4ccccc45)c1c32. The predicted octanol–water partition coefficient (Wildman–Crippen LogP) is 11.4. The first-order chi connectivity index (χ1) is 26.3. The molecule has 1 N–H and O–H groups in total. The molecule has 12 rings (SSSR count). The zero-order valence-electron chi connectivity index (χ0n) is 28.6. The second-order valence-electron chi connectivity index (χ2n) is 14.1. The Bertz CT molecular complexity index is 3300. The number of benzene rings is 8. The minimum atomic E-state index is 0.816. The quantitative estimate of drug-likeness (QED) is 0.189. The van der Waals surface area contributed by atoms with Gasteiger partial charge in [-0.3, -0.25) is 0 Å². The fourth-order valence-electron chi connectivity index (χ4n) is 8.86. The van der Waals surface area contributed by atoms with Crippen LogP contribution in [0.15, 0.2) is 173 Å². The standard InChI is InChI=1S/C48H29BN2O2/c1-2-12-29(13-3-1)50-39-27-45-36(31-15-6-11-21-43(31)53-45)26-35(39)37-25-34(28-22-23-32-30-14-5-10-20-42(30)52-44(32)24-28)46-33-16-4-8-18-40(33)51-41-19-9-7-17-38(41)49-47(37)48(46)51/h1-27,49-50H. The Labute approximate surface area is 304 Å². The molecule has 3 aromatic heterocycles. The molecule has 1 aliphatic heterocycles. The largest absolute Gasteiger partial charge is 0.456 e. The highest BCUT2D eigenvalue weighted by Gasteiger charge is 2.29. The van der Waals surface area contributed by atoms with Crippen molar-refractivity contribution in [3.63, 3.8) is 0 Å². The lowest BCUT2D eigenvalue weighted by atomic mass is 9.58. The molecule has 0 bridgehead atoms. The summed E-state index contributed by atoms with van der Waals surface area (Å²) in [5.41, 5.74) is 16.5. The van der Waals surface area contributed by atoms with Gasteiger partial charge in [-0.25, -0.2) is 0 Å². The number of nitrogens with one attached hydrogen (secondary N) is 1. The summed E-state index contributed by atoms with van der Waals surface area (Å²) in [6.45, 7) is 0. The molecule has 0 unspecified atom stereocenters. The van der Waals surface area contributed by atoms with Crippen molar-refractivity contribution < 1.29 is 8.83 Å². The van der Waals surface area contributed by atoms with Crippen molar-refractivity contribution in [2.75, 3.05) is 5.32 Å². The molecule has 0 spiro atoms. The van der Waals surface area contributed by atoms with Crippen molar-refractivity contribution in [1.82, 2.24) is 4.57 Å². The number of para-hydroxylation sites is 5. The molecule has 53 heavy (non-hydrogen) atoms. The molecular formula is C48H29BN2O2. The van der Waals surface area contributed by atoms with Gasteiger partial charge in [0.2, 0.25) is 0 Å². The average molecular weight is 677 g/mol. The van der Waals surface area contributed by atoms with E-state index in [4.69, 9.17) is 8.83 Å². The summed E-state index contributed by atoms with van der Waals surface area (Å²) >= 11 is 0. The predicted molar refractivity (Wildman–Crippen MR) is 222 cm³/mol. The Morgan fingerprint density at radius 2 is 1.13 bits per heavy atom. The van der Waals surface area contributed by atoms with Crippen LogP contribution in [0, 0.1) is 0 Å². The van der Waals surface area contributed by atoms with Crippen LogP contribution in [0.5, 0.6) is 0 Å². The third-order valence-electron chi connectivity index (χ3n) is 11.2. The molecule has 0 saturated heterocycles. The first-order valence-electron chi connectivity index (χ1n) is 18.1. The minimum absolute atomic E-state index is 0.816. The van der Waals surface area contributed by atoms with E-state index >= 15 is 0 Å². The van der Waals surface area contributed by atoms with Gasteiger partial charge in [0, 0.05) is 60.8 Å². The summed E-state index contributed by atoms with van der Waals surface area (Å²) in [5, 5.41) is 10.8. The van der Waals surface area contributed by atoms with Gasteiger partial charge in [-0.1, -0.05) is 103 Å². The molecule has 246 valence electrons. The van der Waals surface area contributed by atoms with Crippen molar-refractivity contribution in [3.8, 4) is 27.9 Å². The number of anilines is 2. The maximum Gasteiger partial charge on any atom is 0.198 e. The van der Waals surface area contributed by atoms with Crippen molar-refractivity contribution >= 4 is 95.3 Å². The van der Waals surface area contributed by atoms with Crippen LogP contribution in [0.25, 0.3) is 93.6 Å². The van der Waals surface area contributed by atoms with E-state index in [0.717, 1.165) is 73.7 Å². The van der Waals surface area contributed by atoms with Crippen molar-refractivity contribution in [2.45, 2.75) is 0 Å². The van der Waals surface area contributed by atoms with Crippen LogP contribution in [0.2, 0.25) is 0 Å². The summed E-state index contributed by atoms with van der Waals surface area (Å²) in [6.07, 6.45) is 0. The first kappa shape index (κ1) is 28.7. The molecule has 0 aliphatic carbocycles. The molecule has 0 fully saturated rings. The molecule has 0 atom stereocenters. The normalized spacial score (nSPS) is 12.3. The van der Waals surface area contributed by atoms with Crippen molar-refractivity contribution in [3.05, 3.63) is 164 Å². The second-order valence-corrected chi connectivity index (χ2v) is 14.1. The Morgan fingerprint density at radius 3 is 1.96 bits per heavy atom. The Hall–Kier alpha value is -6.98. The number of rotatable bonds is 4. The lowest BCUT2D eigenvalue weighted by molar-refractivity contribution is 0.668. The fraction of sp³-hybridized carbons (Fsp3) is 0. The van der Waals surface area contributed by atoms with E-state index in [9.17, 15) is 0 Å². The van der Waals surface area contributed by atoms with Gasteiger partial charge in [-0.05, 0) is 82.8 Å². The van der Waals surface area contributed by atoms with Crippen LogP contribution in [0.1, 0.15) is 0 Å². The van der Waals surface area contributed by atoms with E-state index < -0.39 is 0 Å². The maximum atomic E-state index is 6.48. The molecule has 8 aromatic carbocycles. The second kappa shape index (κ2) is 10.8. The van der Waals surface area contributed by atoms with E-state index in [0.29, 0.717) is 0 Å². The topological polar surface area (TPSA) is 43.2 Å². The van der Waals surface area contributed by atoms with E-state index in [1.54, 1.807) is 0 Å². The van der Waals surface area contributed by atoms with Gasteiger partial charge < -0.3 is 18.7 Å².